The third kappa shape index (κ3) is 7.21. The van der Waals surface area contributed by atoms with Crippen molar-refractivity contribution in [2.45, 2.75) is 115 Å². The van der Waals surface area contributed by atoms with Crippen molar-refractivity contribution in [1.82, 2.24) is 4.90 Å². The molecule has 0 radical (unpaired) electrons. The number of carbonyl (C=O) groups is 2. The van der Waals surface area contributed by atoms with E-state index in [1.54, 1.807) is 0 Å². The Bertz CT molecular complexity index is 1340. The molecule has 2 atom stereocenters. The molecule has 2 rings (SSSR count). The summed E-state index contributed by atoms with van der Waals surface area (Å²) in [5.74, 6) is -1.65. The van der Waals surface area contributed by atoms with Gasteiger partial charge in [-0.05, 0) is 88.6 Å². The highest BCUT2D eigenvalue weighted by Gasteiger charge is 2.61. The standard InChI is InChI=1S/C27H40FN3O9S/c1-23(2,3)39-21(32)30(22(33)40-24(4,5)6)20-26(9,10)41(37,38)19(15-25(7,8)34)27(11,29-20)17-14-16(31(35)36)12-13-18(17)28/h12-14,19,34H,15H2,1-11H3. The van der Waals surface area contributed by atoms with Crippen molar-refractivity contribution in [2.75, 3.05) is 0 Å². The van der Waals surface area contributed by atoms with E-state index in [1.165, 1.54) is 76.2 Å². The fourth-order valence-corrected chi connectivity index (χ4v) is 6.92. The van der Waals surface area contributed by atoms with Crippen molar-refractivity contribution in [2.24, 2.45) is 4.99 Å². The van der Waals surface area contributed by atoms with Crippen molar-refractivity contribution < 1.29 is 41.9 Å². The Morgan fingerprint density at radius 3 is 1.90 bits per heavy atom. The molecule has 0 spiro atoms. The first-order chi connectivity index (χ1) is 18.1. The van der Waals surface area contributed by atoms with Gasteiger partial charge < -0.3 is 14.6 Å². The molecule has 1 heterocycles. The number of aliphatic imine (C=N–C) groups is 1. The Kier molecular flexibility index (Phi) is 8.82. The number of nitrogens with zero attached hydrogens (tertiary/aromatic N) is 3. The maximum absolute atomic E-state index is 15.5. The number of hydrogen-bond donors (Lipinski definition) is 1. The van der Waals surface area contributed by atoms with Gasteiger partial charge in [0.15, 0.2) is 9.84 Å². The fourth-order valence-electron chi connectivity index (χ4n) is 4.40. The molecule has 12 nitrogen and oxygen atoms in total. The molecule has 1 aromatic carbocycles. The SMILES string of the molecule is CC(C)(O)CC1C(C)(c2cc([N+](=O)[O-])ccc2F)N=C(N(C(=O)OC(C)(C)C)C(=O)OC(C)(C)C)C(C)(C)S1(=O)=O. The van der Waals surface area contributed by atoms with Crippen LogP contribution in [-0.4, -0.2) is 68.2 Å². The van der Waals surface area contributed by atoms with Crippen LogP contribution in [0, 0.1) is 15.9 Å². The lowest BCUT2D eigenvalue weighted by Crippen LogP contribution is -2.64. The molecule has 1 aromatic rings. The number of rotatable bonds is 4. The van der Waals surface area contributed by atoms with Crippen molar-refractivity contribution in [3.05, 3.63) is 39.7 Å². The highest BCUT2D eigenvalue weighted by molar-refractivity contribution is 7.94. The molecular weight excluding hydrogens is 561 g/mol. The average Bonchev–Trinajstić information content (AvgIpc) is 2.72. The summed E-state index contributed by atoms with van der Waals surface area (Å²) in [5, 5.41) is 20.6. The number of benzene rings is 1. The van der Waals surface area contributed by atoms with Crippen LogP contribution in [0.15, 0.2) is 23.2 Å². The monoisotopic (exact) mass is 601 g/mol. The Hall–Kier alpha value is -3.13. The van der Waals surface area contributed by atoms with E-state index in [0.29, 0.717) is 4.90 Å². The number of carbonyl (C=O) groups excluding carboxylic acids is 2. The molecule has 1 N–H and O–H groups in total. The molecule has 2 amide bonds. The van der Waals surface area contributed by atoms with E-state index >= 15 is 4.39 Å². The zero-order valence-corrected chi connectivity index (χ0v) is 26.2. The van der Waals surface area contributed by atoms with Gasteiger partial charge in [0.05, 0.1) is 15.8 Å². The first-order valence-corrected chi connectivity index (χ1v) is 14.5. The molecular formula is C27H40FN3O9S. The molecule has 14 heteroatoms. The Morgan fingerprint density at radius 2 is 1.51 bits per heavy atom. The summed E-state index contributed by atoms with van der Waals surface area (Å²) < 4.78 is 53.0. The van der Waals surface area contributed by atoms with E-state index < -0.39 is 88.6 Å². The van der Waals surface area contributed by atoms with Crippen LogP contribution in [0.25, 0.3) is 0 Å². The number of amidine groups is 1. The maximum atomic E-state index is 15.5. The normalized spacial score (nSPS) is 22.4. The van der Waals surface area contributed by atoms with E-state index in [1.807, 2.05) is 0 Å². The largest absolute Gasteiger partial charge is 0.443 e. The average molecular weight is 602 g/mol. The Balaban J connectivity index is 3.09. The van der Waals surface area contributed by atoms with Crippen LogP contribution in [0.3, 0.4) is 0 Å². The van der Waals surface area contributed by atoms with Crippen LogP contribution in [-0.2, 0) is 24.8 Å². The van der Waals surface area contributed by atoms with E-state index in [-0.39, 0.29) is 0 Å². The number of ether oxygens (including phenoxy) is 2. The minimum absolute atomic E-state index is 0.363. The van der Waals surface area contributed by atoms with Gasteiger partial charge in [-0.3, -0.25) is 15.1 Å². The minimum Gasteiger partial charge on any atom is -0.443 e. The van der Waals surface area contributed by atoms with E-state index in [4.69, 9.17) is 9.47 Å². The van der Waals surface area contributed by atoms with Gasteiger partial charge in [-0.2, -0.15) is 4.90 Å². The Labute approximate surface area is 240 Å². The second-order valence-electron chi connectivity index (χ2n) is 13.4. The van der Waals surface area contributed by atoms with E-state index in [0.717, 1.165) is 18.2 Å². The molecule has 0 saturated heterocycles. The third-order valence-electron chi connectivity index (χ3n) is 6.34. The van der Waals surface area contributed by atoms with Crippen molar-refractivity contribution >= 4 is 33.5 Å². The van der Waals surface area contributed by atoms with Gasteiger partial charge in [-0.15, -0.1) is 0 Å². The van der Waals surface area contributed by atoms with Crippen LogP contribution >= 0.6 is 0 Å². The predicted molar refractivity (Wildman–Crippen MR) is 150 cm³/mol. The number of halogens is 1. The van der Waals surface area contributed by atoms with E-state index in [9.17, 15) is 33.2 Å². The first-order valence-electron chi connectivity index (χ1n) is 12.9. The number of imide groups is 1. The highest BCUT2D eigenvalue weighted by Crippen LogP contribution is 2.48. The molecule has 41 heavy (non-hydrogen) atoms. The molecule has 0 bridgehead atoms. The zero-order chi connectivity index (χ0) is 32.1. The van der Waals surface area contributed by atoms with Crippen LogP contribution in [0.4, 0.5) is 19.7 Å². The predicted octanol–water partition coefficient (Wildman–Crippen LogP) is 5.26. The molecule has 230 valence electrons. The number of hydrogen-bond acceptors (Lipinski definition) is 10. The van der Waals surface area contributed by atoms with E-state index in [2.05, 4.69) is 4.99 Å². The summed E-state index contributed by atoms with van der Waals surface area (Å²) >= 11 is 0. The molecule has 0 saturated carbocycles. The number of aliphatic hydroxyl groups is 1. The van der Waals surface area contributed by atoms with Gasteiger partial charge >= 0.3 is 12.2 Å². The van der Waals surface area contributed by atoms with Crippen LogP contribution in [0.2, 0.25) is 0 Å². The molecule has 1 aliphatic rings. The third-order valence-corrected chi connectivity index (χ3v) is 9.32. The molecule has 0 aromatic heterocycles. The van der Waals surface area contributed by atoms with Crippen LogP contribution in [0.5, 0.6) is 0 Å². The summed E-state index contributed by atoms with van der Waals surface area (Å²) in [4.78, 5) is 42.7. The van der Waals surface area contributed by atoms with Gasteiger partial charge in [0, 0.05) is 17.7 Å². The van der Waals surface area contributed by atoms with Crippen molar-refractivity contribution in [3.8, 4) is 0 Å². The molecule has 1 aliphatic heterocycles. The van der Waals surface area contributed by atoms with Crippen molar-refractivity contribution in [3.63, 3.8) is 0 Å². The molecule has 0 fully saturated rings. The molecule has 2 unspecified atom stereocenters. The molecule has 0 aliphatic carbocycles. The van der Waals surface area contributed by atoms with Gasteiger partial charge in [0.25, 0.3) is 5.69 Å². The maximum Gasteiger partial charge on any atom is 0.425 e. The lowest BCUT2D eigenvalue weighted by atomic mass is 9.82. The number of non-ortho nitro benzene ring substituents is 1. The van der Waals surface area contributed by atoms with Crippen LogP contribution in [0.1, 0.15) is 88.1 Å². The highest BCUT2D eigenvalue weighted by atomic mass is 32.2. The second kappa shape index (κ2) is 10.6. The topological polar surface area (TPSA) is 166 Å². The first kappa shape index (κ1) is 34.1. The smallest absolute Gasteiger partial charge is 0.425 e. The number of nitro groups is 1. The van der Waals surface area contributed by atoms with Crippen LogP contribution < -0.4 is 0 Å². The quantitative estimate of drug-likeness (QED) is 0.358. The summed E-state index contributed by atoms with van der Waals surface area (Å²) in [6.07, 6.45) is -3.05. The van der Waals surface area contributed by atoms with Crippen molar-refractivity contribution in [1.29, 1.82) is 0 Å². The summed E-state index contributed by atoms with van der Waals surface area (Å²) in [6, 6.07) is 2.57. The number of nitro benzene ring substituents is 1. The number of sulfone groups is 1. The van der Waals surface area contributed by atoms with Gasteiger partial charge in [0.1, 0.15) is 33.1 Å². The van der Waals surface area contributed by atoms with Gasteiger partial charge in [0.2, 0.25) is 0 Å². The Morgan fingerprint density at radius 1 is 1.05 bits per heavy atom. The lowest BCUT2D eigenvalue weighted by Gasteiger charge is -2.47. The fraction of sp³-hybridized carbons (Fsp3) is 0.667. The number of amides is 2. The van der Waals surface area contributed by atoms with Gasteiger partial charge in [-0.25, -0.2) is 22.4 Å². The second-order valence-corrected chi connectivity index (χ2v) is 16.0. The van der Waals surface area contributed by atoms with Gasteiger partial charge in [-0.1, -0.05) is 0 Å². The summed E-state index contributed by atoms with van der Waals surface area (Å²) in [7, 11) is -4.57. The summed E-state index contributed by atoms with van der Waals surface area (Å²) in [6.45, 7) is 15.5. The summed E-state index contributed by atoms with van der Waals surface area (Å²) in [5.41, 5.74) is -7.06. The zero-order valence-electron chi connectivity index (χ0n) is 25.4. The lowest BCUT2D eigenvalue weighted by molar-refractivity contribution is -0.385. The minimum atomic E-state index is -4.57.